The smallest absolute Gasteiger partial charge is 0.227 e. The molecule has 1 aromatic carbocycles. The van der Waals surface area contributed by atoms with Crippen molar-refractivity contribution in [1.29, 1.82) is 0 Å². The van der Waals surface area contributed by atoms with E-state index in [-0.39, 0.29) is 23.5 Å². The minimum Gasteiger partial charge on any atom is -0.497 e. The summed E-state index contributed by atoms with van der Waals surface area (Å²) in [4.78, 5) is 22.0. The molecule has 0 atom stereocenters. The van der Waals surface area contributed by atoms with Crippen LogP contribution in [0.2, 0.25) is 0 Å². The lowest BCUT2D eigenvalue weighted by Gasteiger charge is -2.06. The Kier molecular flexibility index (Phi) is 3.97. The normalized spacial score (nSPS) is 9.95. The Balaban J connectivity index is 2.05. The molecular formula is C14H12O5. The summed E-state index contributed by atoms with van der Waals surface area (Å²) in [6.07, 6.45) is 1.60. The van der Waals surface area contributed by atoms with Crippen molar-refractivity contribution in [3.63, 3.8) is 0 Å². The minimum atomic E-state index is -0.387. The van der Waals surface area contributed by atoms with Crippen LogP contribution in [0.4, 0.5) is 0 Å². The maximum atomic E-state index is 11.6. The van der Waals surface area contributed by atoms with Gasteiger partial charge in [-0.05, 0) is 17.7 Å². The summed E-state index contributed by atoms with van der Waals surface area (Å²) in [5.74, 6) is 0.793. The Morgan fingerprint density at radius 2 is 2.00 bits per heavy atom. The monoisotopic (exact) mass is 260 g/mol. The van der Waals surface area contributed by atoms with Gasteiger partial charge in [-0.3, -0.25) is 9.59 Å². The van der Waals surface area contributed by atoms with E-state index in [4.69, 9.17) is 13.9 Å². The van der Waals surface area contributed by atoms with Crippen LogP contribution in [-0.2, 0) is 6.61 Å². The maximum Gasteiger partial charge on any atom is 0.227 e. The van der Waals surface area contributed by atoms with Crippen LogP contribution in [0.1, 0.15) is 16.1 Å². The lowest BCUT2D eigenvalue weighted by Crippen LogP contribution is -2.07. The first kappa shape index (κ1) is 12.9. The Labute approximate surface area is 109 Å². The van der Waals surface area contributed by atoms with Crippen LogP contribution >= 0.6 is 0 Å². The number of methoxy groups -OCH3 is 1. The number of carbonyl (C=O) groups is 1. The van der Waals surface area contributed by atoms with Gasteiger partial charge in [0.15, 0.2) is 12.0 Å². The van der Waals surface area contributed by atoms with Gasteiger partial charge in [0, 0.05) is 6.07 Å². The molecule has 1 aromatic heterocycles. The van der Waals surface area contributed by atoms with E-state index in [9.17, 15) is 9.59 Å². The molecule has 0 fully saturated rings. The van der Waals surface area contributed by atoms with Crippen molar-refractivity contribution in [3.05, 3.63) is 58.1 Å². The van der Waals surface area contributed by atoms with Gasteiger partial charge in [-0.2, -0.15) is 0 Å². The largest absolute Gasteiger partial charge is 0.497 e. The molecule has 19 heavy (non-hydrogen) atoms. The average molecular weight is 260 g/mol. The van der Waals surface area contributed by atoms with Crippen molar-refractivity contribution in [2.45, 2.75) is 6.61 Å². The van der Waals surface area contributed by atoms with E-state index in [1.54, 1.807) is 19.2 Å². The number of ether oxygens (including phenoxy) is 2. The molecular weight excluding hydrogens is 248 g/mol. The van der Waals surface area contributed by atoms with Crippen LogP contribution in [-0.4, -0.2) is 13.4 Å². The van der Waals surface area contributed by atoms with Crippen LogP contribution in [0.15, 0.2) is 45.8 Å². The van der Waals surface area contributed by atoms with Gasteiger partial charge in [-0.25, -0.2) is 0 Å². The second-order valence-electron chi connectivity index (χ2n) is 3.77. The van der Waals surface area contributed by atoms with Gasteiger partial charge >= 0.3 is 0 Å². The van der Waals surface area contributed by atoms with Crippen LogP contribution in [0.25, 0.3) is 0 Å². The van der Waals surface area contributed by atoms with Crippen molar-refractivity contribution in [2.24, 2.45) is 0 Å². The highest BCUT2D eigenvalue weighted by molar-refractivity contribution is 5.70. The molecule has 0 aliphatic rings. The third-order valence-electron chi connectivity index (χ3n) is 2.49. The SMILES string of the molecule is COc1ccc(COc2coc(C=O)cc2=O)cc1. The molecule has 0 aliphatic heterocycles. The van der Waals surface area contributed by atoms with Gasteiger partial charge in [-0.1, -0.05) is 12.1 Å². The Hall–Kier alpha value is -2.56. The van der Waals surface area contributed by atoms with E-state index in [0.29, 0.717) is 6.29 Å². The molecule has 5 nitrogen and oxygen atoms in total. The van der Waals surface area contributed by atoms with Crippen molar-refractivity contribution < 1.29 is 18.7 Å². The molecule has 0 saturated heterocycles. The van der Waals surface area contributed by atoms with Gasteiger partial charge in [0.05, 0.1) is 7.11 Å². The summed E-state index contributed by atoms with van der Waals surface area (Å²) in [6.45, 7) is 0.231. The first-order valence-electron chi connectivity index (χ1n) is 5.56. The third-order valence-corrected chi connectivity index (χ3v) is 2.49. The molecule has 0 N–H and O–H groups in total. The zero-order valence-corrected chi connectivity index (χ0v) is 10.3. The number of rotatable bonds is 5. The fourth-order valence-electron chi connectivity index (χ4n) is 1.46. The molecule has 0 amide bonds. The molecule has 0 saturated carbocycles. The van der Waals surface area contributed by atoms with Crippen molar-refractivity contribution in [2.75, 3.05) is 7.11 Å². The highest BCUT2D eigenvalue weighted by Crippen LogP contribution is 2.13. The van der Waals surface area contributed by atoms with E-state index in [1.165, 1.54) is 0 Å². The Morgan fingerprint density at radius 1 is 1.26 bits per heavy atom. The minimum absolute atomic E-state index is 0.0261. The number of benzene rings is 1. The summed E-state index contributed by atoms with van der Waals surface area (Å²) in [7, 11) is 1.59. The van der Waals surface area contributed by atoms with E-state index in [1.807, 2.05) is 12.1 Å². The van der Waals surface area contributed by atoms with E-state index >= 15 is 0 Å². The topological polar surface area (TPSA) is 65.7 Å². The number of carbonyl (C=O) groups excluding carboxylic acids is 1. The van der Waals surface area contributed by atoms with Gasteiger partial charge in [0.2, 0.25) is 11.2 Å². The van der Waals surface area contributed by atoms with Crippen molar-refractivity contribution in [3.8, 4) is 11.5 Å². The summed E-state index contributed by atoms with van der Waals surface area (Å²) in [5.41, 5.74) is 0.501. The van der Waals surface area contributed by atoms with E-state index < -0.39 is 0 Å². The summed E-state index contributed by atoms with van der Waals surface area (Å²) in [6, 6.07) is 8.37. The second-order valence-corrected chi connectivity index (χ2v) is 3.77. The van der Waals surface area contributed by atoms with Gasteiger partial charge < -0.3 is 13.9 Å². The van der Waals surface area contributed by atoms with Crippen LogP contribution < -0.4 is 14.9 Å². The zero-order valence-electron chi connectivity index (χ0n) is 10.3. The van der Waals surface area contributed by atoms with Crippen molar-refractivity contribution in [1.82, 2.24) is 0 Å². The number of hydrogen-bond donors (Lipinski definition) is 0. The van der Waals surface area contributed by atoms with Gasteiger partial charge in [0.25, 0.3) is 0 Å². The maximum absolute atomic E-state index is 11.6. The molecule has 0 spiro atoms. The van der Waals surface area contributed by atoms with E-state index in [2.05, 4.69) is 0 Å². The van der Waals surface area contributed by atoms with Crippen LogP contribution in [0, 0.1) is 0 Å². The van der Waals surface area contributed by atoms with Gasteiger partial charge in [-0.15, -0.1) is 0 Å². The molecule has 98 valence electrons. The lowest BCUT2D eigenvalue weighted by molar-refractivity contribution is 0.109. The van der Waals surface area contributed by atoms with Crippen LogP contribution in [0.3, 0.4) is 0 Å². The molecule has 0 bridgehead atoms. The molecule has 0 radical (unpaired) electrons. The first-order chi connectivity index (χ1) is 9.22. The molecule has 1 heterocycles. The molecule has 0 unspecified atom stereocenters. The van der Waals surface area contributed by atoms with Gasteiger partial charge in [0.1, 0.15) is 18.6 Å². The zero-order chi connectivity index (χ0) is 13.7. The third kappa shape index (κ3) is 3.22. The standard InChI is InChI=1S/C14H12O5/c1-17-11-4-2-10(3-5-11)8-19-14-9-18-12(7-15)6-13(14)16/h2-7,9H,8H2,1H3. The second kappa shape index (κ2) is 5.86. The molecule has 5 heteroatoms. The summed E-state index contributed by atoms with van der Waals surface area (Å²) < 4.78 is 15.3. The average Bonchev–Trinajstić information content (AvgIpc) is 2.46. The predicted octanol–water partition coefficient (Wildman–Crippen LogP) is 2.04. The fraction of sp³-hybridized carbons (Fsp3) is 0.143. The Bertz CT molecular complexity index is 612. The fourth-order valence-corrected chi connectivity index (χ4v) is 1.46. The lowest BCUT2D eigenvalue weighted by atomic mass is 10.2. The highest BCUT2D eigenvalue weighted by Gasteiger charge is 2.04. The highest BCUT2D eigenvalue weighted by atomic mass is 16.5. The molecule has 0 aliphatic carbocycles. The number of hydrogen-bond acceptors (Lipinski definition) is 5. The van der Waals surface area contributed by atoms with E-state index in [0.717, 1.165) is 23.6 Å². The predicted molar refractivity (Wildman–Crippen MR) is 67.7 cm³/mol. The quantitative estimate of drug-likeness (QED) is 0.770. The number of aldehydes is 1. The first-order valence-corrected chi connectivity index (χ1v) is 5.56. The summed E-state index contributed by atoms with van der Waals surface area (Å²) in [5, 5.41) is 0. The Morgan fingerprint density at radius 3 is 2.58 bits per heavy atom. The summed E-state index contributed by atoms with van der Waals surface area (Å²) >= 11 is 0. The van der Waals surface area contributed by atoms with Crippen molar-refractivity contribution >= 4 is 6.29 Å². The molecule has 2 rings (SSSR count). The molecule has 2 aromatic rings. The van der Waals surface area contributed by atoms with Crippen LogP contribution in [0.5, 0.6) is 11.5 Å².